The molecule has 0 bridgehead atoms. The smallest absolute Gasteiger partial charge is 0.303 e. The molecule has 142 valence electrons. The fraction of sp³-hybridized carbons (Fsp3) is 0.550. The molecule has 5 nitrogen and oxygen atoms in total. The Morgan fingerprint density at radius 2 is 1.68 bits per heavy atom. The van der Waals surface area contributed by atoms with E-state index in [1.165, 1.54) is 0 Å². The number of carboxylic acid groups (broad SMARTS) is 1. The second-order valence-corrected chi connectivity index (χ2v) is 5.85. The summed E-state index contributed by atoms with van der Waals surface area (Å²) in [5.74, 6) is -0.852. The Morgan fingerprint density at radius 3 is 2.28 bits per heavy atom. The maximum absolute atomic E-state index is 10.4. The summed E-state index contributed by atoms with van der Waals surface area (Å²) in [6.45, 7) is 2.14. The van der Waals surface area contributed by atoms with Crippen LogP contribution in [0.15, 0.2) is 48.6 Å². The van der Waals surface area contributed by atoms with Crippen molar-refractivity contribution in [1.29, 1.82) is 0 Å². The Labute approximate surface area is 151 Å². The summed E-state index contributed by atoms with van der Waals surface area (Å²) >= 11 is 0. The third-order valence-corrected chi connectivity index (χ3v) is 3.54. The number of aliphatic hydroxyl groups excluding tert-OH is 1. The summed E-state index contributed by atoms with van der Waals surface area (Å²) in [6, 6.07) is 0. The Kier molecular flexibility index (Phi) is 16.0. The SMILES string of the molecule is CCCCC[C@H](O)/C=C/C=C\C/C=C\C=C\[C@H](CCCC(=O)O)OO. The minimum atomic E-state index is -0.852. The topological polar surface area (TPSA) is 87.0 Å². The first kappa shape index (κ1) is 23.3. The van der Waals surface area contributed by atoms with Crippen LogP contribution in [0.3, 0.4) is 0 Å². The molecule has 5 heteroatoms. The zero-order valence-corrected chi connectivity index (χ0v) is 15.1. The van der Waals surface area contributed by atoms with Crippen molar-refractivity contribution in [3.05, 3.63) is 48.6 Å². The first-order chi connectivity index (χ1) is 12.1. The lowest BCUT2D eigenvalue weighted by Crippen LogP contribution is -2.08. The van der Waals surface area contributed by atoms with Crippen molar-refractivity contribution in [2.24, 2.45) is 0 Å². The van der Waals surface area contributed by atoms with Gasteiger partial charge < -0.3 is 10.2 Å². The molecule has 0 aromatic rings. The van der Waals surface area contributed by atoms with Crippen molar-refractivity contribution in [2.45, 2.75) is 70.5 Å². The van der Waals surface area contributed by atoms with Crippen LogP contribution < -0.4 is 0 Å². The van der Waals surface area contributed by atoms with Gasteiger partial charge in [0.15, 0.2) is 0 Å². The number of aliphatic hydroxyl groups is 1. The molecule has 0 radical (unpaired) electrons. The van der Waals surface area contributed by atoms with E-state index in [1.807, 2.05) is 30.4 Å². The van der Waals surface area contributed by atoms with Crippen LogP contribution in [-0.2, 0) is 9.68 Å². The second kappa shape index (κ2) is 17.1. The molecule has 0 heterocycles. The van der Waals surface area contributed by atoms with Gasteiger partial charge >= 0.3 is 5.97 Å². The van der Waals surface area contributed by atoms with Crippen molar-refractivity contribution in [3.63, 3.8) is 0 Å². The Hall–Kier alpha value is -1.69. The van der Waals surface area contributed by atoms with Crippen LogP contribution in [0.2, 0.25) is 0 Å². The van der Waals surface area contributed by atoms with Crippen LogP contribution in [0.4, 0.5) is 0 Å². The van der Waals surface area contributed by atoms with E-state index in [2.05, 4.69) is 11.8 Å². The molecular weight excluding hydrogens is 320 g/mol. The van der Waals surface area contributed by atoms with Gasteiger partial charge in [-0.15, -0.1) is 0 Å². The van der Waals surface area contributed by atoms with Crippen LogP contribution in [0, 0.1) is 0 Å². The normalized spacial score (nSPS) is 15.0. The van der Waals surface area contributed by atoms with E-state index in [1.54, 1.807) is 18.2 Å². The molecule has 0 rings (SSSR count). The predicted octanol–water partition coefficient (Wildman–Crippen LogP) is 4.66. The summed E-state index contributed by atoms with van der Waals surface area (Å²) in [5, 5.41) is 27.0. The molecule has 0 fully saturated rings. The number of allylic oxidation sites excluding steroid dienone is 6. The molecule has 3 N–H and O–H groups in total. The zero-order valence-electron chi connectivity index (χ0n) is 15.1. The molecule has 0 aliphatic carbocycles. The van der Waals surface area contributed by atoms with Crippen molar-refractivity contribution in [2.75, 3.05) is 0 Å². The molecule has 2 atom stereocenters. The van der Waals surface area contributed by atoms with Gasteiger partial charge in [0.25, 0.3) is 0 Å². The number of aliphatic carboxylic acids is 1. The van der Waals surface area contributed by atoms with Crippen LogP contribution in [0.25, 0.3) is 0 Å². The molecule has 0 aliphatic rings. The number of carboxylic acids is 1. The average molecular weight is 352 g/mol. The summed E-state index contributed by atoms with van der Waals surface area (Å²) in [5.41, 5.74) is 0. The van der Waals surface area contributed by atoms with E-state index in [0.717, 1.165) is 32.1 Å². The van der Waals surface area contributed by atoms with Crippen molar-refractivity contribution < 1.29 is 25.2 Å². The van der Waals surface area contributed by atoms with Gasteiger partial charge in [0, 0.05) is 6.42 Å². The van der Waals surface area contributed by atoms with Crippen molar-refractivity contribution in [1.82, 2.24) is 0 Å². The predicted molar refractivity (Wildman–Crippen MR) is 100 cm³/mol. The zero-order chi connectivity index (χ0) is 18.8. The highest BCUT2D eigenvalue weighted by molar-refractivity contribution is 5.66. The molecule has 0 amide bonds. The Morgan fingerprint density at radius 1 is 1.00 bits per heavy atom. The average Bonchev–Trinajstić information content (AvgIpc) is 2.58. The molecule has 0 aliphatic heterocycles. The van der Waals surface area contributed by atoms with E-state index in [4.69, 9.17) is 10.4 Å². The Balaban J connectivity index is 3.89. The maximum Gasteiger partial charge on any atom is 0.303 e. The molecule has 0 saturated carbocycles. The van der Waals surface area contributed by atoms with Gasteiger partial charge in [0.05, 0.1) is 6.10 Å². The minimum absolute atomic E-state index is 0.0646. The van der Waals surface area contributed by atoms with Crippen LogP contribution in [-0.4, -0.2) is 33.6 Å². The summed E-state index contributed by atoms with van der Waals surface area (Å²) < 4.78 is 0. The second-order valence-electron chi connectivity index (χ2n) is 5.85. The molecule has 0 aromatic heterocycles. The molecule has 0 saturated heterocycles. The van der Waals surface area contributed by atoms with Gasteiger partial charge in [0.1, 0.15) is 6.10 Å². The highest BCUT2D eigenvalue weighted by Gasteiger charge is 2.05. The first-order valence-corrected chi connectivity index (χ1v) is 8.96. The van der Waals surface area contributed by atoms with Gasteiger partial charge in [-0.1, -0.05) is 74.8 Å². The maximum atomic E-state index is 10.4. The van der Waals surface area contributed by atoms with E-state index in [0.29, 0.717) is 12.8 Å². The number of hydrogen-bond acceptors (Lipinski definition) is 4. The number of carbonyl (C=O) groups is 1. The van der Waals surface area contributed by atoms with E-state index >= 15 is 0 Å². The number of hydrogen-bond donors (Lipinski definition) is 3. The quantitative estimate of drug-likeness (QED) is 0.173. The summed E-state index contributed by atoms with van der Waals surface area (Å²) in [7, 11) is 0. The van der Waals surface area contributed by atoms with E-state index in [9.17, 15) is 9.90 Å². The summed E-state index contributed by atoms with van der Waals surface area (Å²) in [4.78, 5) is 14.7. The number of unbranched alkanes of at least 4 members (excludes halogenated alkanes) is 2. The largest absolute Gasteiger partial charge is 0.481 e. The van der Waals surface area contributed by atoms with Crippen LogP contribution in [0.1, 0.15) is 58.3 Å². The van der Waals surface area contributed by atoms with Gasteiger partial charge in [-0.05, 0) is 25.7 Å². The lowest BCUT2D eigenvalue weighted by atomic mass is 10.1. The number of rotatable bonds is 15. The highest BCUT2D eigenvalue weighted by atomic mass is 17.1. The standard InChI is InChI=1S/C20H32O5/c1-2-3-9-13-18(21)14-10-7-5-4-6-8-11-15-19(25-24)16-12-17-20(22)23/h5-8,10-11,14-15,18-19,21,24H,2-4,9,12-13,16-17H2,1H3,(H,22,23)/b7-5-,8-6-,14-10+,15-11+/t18-,19+/m0/s1. The van der Waals surface area contributed by atoms with Gasteiger partial charge in [-0.25, -0.2) is 4.89 Å². The van der Waals surface area contributed by atoms with Gasteiger partial charge in [0.2, 0.25) is 0 Å². The van der Waals surface area contributed by atoms with E-state index < -0.39 is 12.1 Å². The monoisotopic (exact) mass is 352 g/mol. The molecular formula is C20H32O5. The van der Waals surface area contributed by atoms with Crippen LogP contribution in [0.5, 0.6) is 0 Å². The molecule has 0 aromatic carbocycles. The molecule has 0 unspecified atom stereocenters. The lowest BCUT2D eigenvalue weighted by molar-refractivity contribution is -0.267. The lowest BCUT2D eigenvalue weighted by Gasteiger charge is -2.06. The fourth-order valence-electron chi connectivity index (χ4n) is 2.11. The van der Waals surface area contributed by atoms with Gasteiger partial charge in [-0.2, -0.15) is 0 Å². The highest BCUT2D eigenvalue weighted by Crippen LogP contribution is 2.06. The first-order valence-electron chi connectivity index (χ1n) is 8.96. The minimum Gasteiger partial charge on any atom is -0.481 e. The molecule has 0 spiro atoms. The van der Waals surface area contributed by atoms with Crippen molar-refractivity contribution in [3.8, 4) is 0 Å². The summed E-state index contributed by atoms with van der Waals surface area (Å²) in [6.07, 6.45) is 19.8. The third-order valence-electron chi connectivity index (χ3n) is 3.54. The van der Waals surface area contributed by atoms with E-state index in [-0.39, 0.29) is 12.5 Å². The van der Waals surface area contributed by atoms with Crippen molar-refractivity contribution >= 4 is 5.97 Å². The van der Waals surface area contributed by atoms with Crippen LogP contribution >= 0.6 is 0 Å². The fourth-order valence-corrected chi connectivity index (χ4v) is 2.11. The molecule has 25 heavy (non-hydrogen) atoms. The van der Waals surface area contributed by atoms with Gasteiger partial charge in [-0.3, -0.25) is 10.1 Å². The third kappa shape index (κ3) is 16.9. The Bertz CT molecular complexity index is 437.